The smallest absolute Gasteiger partial charge is 0.228 e. The third-order valence-corrected chi connectivity index (χ3v) is 4.84. The molecule has 122 valence electrons. The van der Waals surface area contributed by atoms with Crippen molar-refractivity contribution in [1.82, 2.24) is 0 Å². The van der Waals surface area contributed by atoms with Gasteiger partial charge in [-0.1, -0.05) is 12.1 Å². The van der Waals surface area contributed by atoms with E-state index < -0.39 is 17.1 Å². The summed E-state index contributed by atoms with van der Waals surface area (Å²) in [4.78, 5) is 12.3. The Morgan fingerprint density at radius 2 is 2.12 bits per heavy atom. The van der Waals surface area contributed by atoms with Gasteiger partial charge in [-0.2, -0.15) is 5.26 Å². The molecule has 1 aliphatic carbocycles. The minimum absolute atomic E-state index is 0.0124. The zero-order chi connectivity index (χ0) is 17.5. The number of halogens is 1. The summed E-state index contributed by atoms with van der Waals surface area (Å²) in [5, 5.41) is 8.85. The third kappa shape index (κ3) is 2.31. The van der Waals surface area contributed by atoms with Gasteiger partial charge in [0.1, 0.15) is 17.6 Å². The molecule has 2 N–H and O–H groups in total. The number of hydrogen-bond donors (Lipinski definition) is 1. The summed E-state index contributed by atoms with van der Waals surface area (Å²) in [6, 6.07) is 11.8. The van der Waals surface area contributed by atoms with Crippen LogP contribution in [0.15, 0.2) is 36.4 Å². The summed E-state index contributed by atoms with van der Waals surface area (Å²) in [5.74, 6) is -0.577. The van der Waals surface area contributed by atoms with Gasteiger partial charge in [-0.3, -0.25) is 4.79 Å². The summed E-state index contributed by atoms with van der Waals surface area (Å²) in [6.07, 6.45) is 0.516. The fraction of sp³-hybridized carbons (Fsp3) is 0.263. The molecule has 0 aliphatic heterocycles. The van der Waals surface area contributed by atoms with E-state index in [9.17, 15) is 9.18 Å². The van der Waals surface area contributed by atoms with Gasteiger partial charge in [-0.15, -0.1) is 0 Å². The van der Waals surface area contributed by atoms with Crippen LogP contribution in [-0.4, -0.2) is 13.0 Å². The van der Waals surface area contributed by atoms with E-state index in [-0.39, 0.29) is 11.5 Å². The van der Waals surface area contributed by atoms with Crippen molar-refractivity contribution in [1.29, 1.82) is 5.26 Å². The van der Waals surface area contributed by atoms with E-state index >= 15 is 0 Å². The number of ether oxygens (including phenoxy) is 1. The molecule has 0 aromatic heterocycles. The minimum Gasteiger partial charge on any atom is -0.497 e. The monoisotopic (exact) mass is 324 g/mol. The highest BCUT2D eigenvalue weighted by Crippen LogP contribution is 2.61. The van der Waals surface area contributed by atoms with Crippen molar-refractivity contribution in [2.24, 2.45) is 5.73 Å². The molecule has 5 heteroatoms. The van der Waals surface area contributed by atoms with Gasteiger partial charge < -0.3 is 10.5 Å². The van der Waals surface area contributed by atoms with Crippen LogP contribution in [0.4, 0.5) is 4.39 Å². The Morgan fingerprint density at radius 1 is 1.38 bits per heavy atom. The fourth-order valence-corrected chi connectivity index (χ4v) is 3.42. The molecule has 0 saturated heterocycles. The molecule has 2 aromatic rings. The number of nitrogens with two attached hydrogens (primary N) is 1. The van der Waals surface area contributed by atoms with Gasteiger partial charge in [-0.05, 0) is 54.3 Å². The number of primary amides is 1. The van der Waals surface area contributed by atoms with Crippen LogP contribution in [-0.2, 0) is 10.2 Å². The molecule has 0 spiro atoms. The van der Waals surface area contributed by atoms with E-state index in [0.29, 0.717) is 17.7 Å². The number of hydrogen-bond acceptors (Lipinski definition) is 3. The lowest BCUT2D eigenvalue weighted by molar-refractivity contribution is -0.120. The summed E-state index contributed by atoms with van der Waals surface area (Å²) >= 11 is 0. The molecule has 3 rings (SSSR count). The van der Waals surface area contributed by atoms with E-state index in [1.807, 2.05) is 25.1 Å². The second-order valence-electron chi connectivity index (χ2n) is 6.12. The van der Waals surface area contributed by atoms with Gasteiger partial charge in [0.25, 0.3) is 0 Å². The normalized spacial score (nSPS) is 21.8. The minimum atomic E-state index is -0.862. The van der Waals surface area contributed by atoms with Crippen LogP contribution in [0.1, 0.15) is 34.6 Å². The number of nitrogens with zero attached hydrogens (tertiary/aromatic N) is 1. The summed E-state index contributed by atoms with van der Waals surface area (Å²) in [5.41, 5.74) is 7.27. The molecule has 2 atom stereocenters. The molecule has 2 aromatic carbocycles. The van der Waals surface area contributed by atoms with E-state index in [1.54, 1.807) is 19.2 Å². The molecular formula is C19H17FN2O2. The van der Waals surface area contributed by atoms with Crippen molar-refractivity contribution in [3.05, 3.63) is 64.5 Å². The molecule has 24 heavy (non-hydrogen) atoms. The van der Waals surface area contributed by atoms with Crippen LogP contribution in [0, 0.1) is 24.1 Å². The van der Waals surface area contributed by atoms with Crippen LogP contribution in [0.25, 0.3) is 0 Å². The molecule has 1 fully saturated rings. The van der Waals surface area contributed by atoms with Gasteiger partial charge >= 0.3 is 0 Å². The van der Waals surface area contributed by atoms with Crippen LogP contribution < -0.4 is 10.5 Å². The summed E-state index contributed by atoms with van der Waals surface area (Å²) in [7, 11) is 1.56. The Kier molecular flexibility index (Phi) is 3.76. The Labute approximate surface area is 139 Å². The Balaban J connectivity index is 2.07. The zero-order valence-corrected chi connectivity index (χ0v) is 13.5. The van der Waals surface area contributed by atoms with E-state index in [4.69, 9.17) is 15.7 Å². The molecule has 1 saturated carbocycles. The van der Waals surface area contributed by atoms with Crippen molar-refractivity contribution < 1.29 is 13.9 Å². The molecular weight excluding hydrogens is 307 g/mol. The Hall–Kier alpha value is -2.87. The van der Waals surface area contributed by atoms with Crippen LogP contribution in [0.3, 0.4) is 0 Å². The highest BCUT2D eigenvalue weighted by Gasteiger charge is 2.61. The molecule has 0 bridgehead atoms. The standard InChI is InChI=1S/C19H17FN2O2/c1-11-3-6-14(24-2)8-15(11)19(18(22)23)9-16(19)12-4-5-13(10-21)17(20)7-12/h3-8,16H,9H2,1-2H3,(H2,22,23)/t16-,19-/m0/s1. The number of amides is 1. The average Bonchev–Trinajstić information content (AvgIpc) is 3.32. The number of nitriles is 1. The second kappa shape index (κ2) is 5.64. The number of carbonyl (C=O) groups excluding carboxylic acids is 1. The number of aryl methyl sites for hydroxylation is 1. The lowest BCUT2D eigenvalue weighted by atomic mass is 9.86. The van der Waals surface area contributed by atoms with Crippen molar-refractivity contribution >= 4 is 5.91 Å². The maximum Gasteiger partial charge on any atom is 0.228 e. The fourth-order valence-electron chi connectivity index (χ4n) is 3.42. The van der Waals surface area contributed by atoms with Crippen molar-refractivity contribution in [2.45, 2.75) is 24.7 Å². The highest BCUT2D eigenvalue weighted by atomic mass is 19.1. The zero-order valence-electron chi connectivity index (χ0n) is 13.5. The van der Waals surface area contributed by atoms with Crippen molar-refractivity contribution in [3.8, 4) is 11.8 Å². The highest BCUT2D eigenvalue weighted by molar-refractivity contribution is 5.93. The lowest BCUT2D eigenvalue weighted by Gasteiger charge is -2.18. The molecule has 1 amide bonds. The molecule has 0 radical (unpaired) electrons. The Morgan fingerprint density at radius 3 is 2.71 bits per heavy atom. The third-order valence-electron chi connectivity index (χ3n) is 4.84. The lowest BCUT2D eigenvalue weighted by Crippen LogP contribution is -2.31. The van der Waals surface area contributed by atoms with Gasteiger partial charge in [0, 0.05) is 5.92 Å². The predicted octanol–water partition coefficient (Wildman–Crippen LogP) is 2.93. The first kappa shape index (κ1) is 16.0. The van der Waals surface area contributed by atoms with Gasteiger partial charge in [0.2, 0.25) is 5.91 Å². The molecule has 0 unspecified atom stereocenters. The predicted molar refractivity (Wildman–Crippen MR) is 87.1 cm³/mol. The van der Waals surface area contributed by atoms with E-state index in [2.05, 4.69) is 0 Å². The maximum atomic E-state index is 13.9. The van der Waals surface area contributed by atoms with Crippen LogP contribution >= 0.6 is 0 Å². The number of rotatable bonds is 4. The Bertz CT molecular complexity index is 872. The van der Waals surface area contributed by atoms with E-state index in [0.717, 1.165) is 11.1 Å². The van der Waals surface area contributed by atoms with Crippen molar-refractivity contribution in [3.63, 3.8) is 0 Å². The SMILES string of the molecule is COc1ccc(C)c([C@@]2(C(N)=O)C[C@H]2c2ccc(C#N)c(F)c2)c1. The second-order valence-corrected chi connectivity index (χ2v) is 6.12. The van der Waals surface area contributed by atoms with Crippen LogP contribution in [0.2, 0.25) is 0 Å². The number of carbonyl (C=O) groups is 1. The molecule has 4 nitrogen and oxygen atoms in total. The number of methoxy groups -OCH3 is 1. The quantitative estimate of drug-likeness (QED) is 0.939. The summed E-state index contributed by atoms with van der Waals surface area (Å²) < 4.78 is 19.2. The van der Waals surface area contributed by atoms with Gasteiger partial charge in [0.15, 0.2) is 0 Å². The van der Waals surface area contributed by atoms with Gasteiger partial charge in [-0.25, -0.2) is 4.39 Å². The first-order valence-electron chi connectivity index (χ1n) is 7.58. The molecule has 0 heterocycles. The largest absolute Gasteiger partial charge is 0.497 e. The topological polar surface area (TPSA) is 76.1 Å². The molecule has 1 aliphatic rings. The average molecular weight is 324 g/mol. The van der Waals surface area contributed by atoms with E-state index in [1.165, 1.54) is 12.1 Å². The first-order chi connectivity index (χ1) is 11.4. The number of benzene rings is 2. The van der Waals surface area contributed by atoms with Crippen LogP contribution in [0.5, 0.6) is 5.75 Å². The van der Waals surface area contributed by atoms with Crippen molar-refractivity contribution in [2.75, 3.05) is 7.11 Å². The van der Waals surface area contributed by atoms with Gasteiger partial charge in [0.05, 0.1) is 18.1 Å². The maximum absolute atomic E-state index is 13.9. The summed E-state index contributed by atoms with van der Waals surface area (Å²) in [6.45, 7) is 1.91. The first-order valence-corrected chi connectivity index (χ1v) is 7.58.